The molecule has 0 unspecified atom stereocenters. The number of carbonyl (C=O) groups is 2. The average molecular weight is 1460 g/mol. The number of furan rings is 2. The number of amides is 2. The molecule has 0 fully saturated rings. The van der Waals surface area contributed by atoms with Gasteiger partial charge in [0.2, 0.25) is 31.9 Å². The van der Waals surface area contributed by atoms with Crippen LogP contribution in [-0.4, -0.2) is 137 Å². The fraction of sp³-hybridized carbons (Fsp3) is 0.315. The number of rotatable bonds is 28. The number of benzene rings is 6. The van der Waals surface area contributed by atoms with E-state index >= 15 is 0 Å². The number of primary sulfonamides is 1. The lowest BCUT2D eigenvalue weighted by Crippen LogP contribution is -2.47. The summed E-state index contributed by atoms with van der Waals surface area (Å²) in [4.78, 5) is 28.3. The normalized spacial score (nSPS) is 12.5. The third kappa shape index (κ3) is 21.0. The fourth-order valence-electron chi connectivity index (χ4n) is 11.0. The highest BCUT2D eigenvalue weighted by molar-refractivity contribution is 7.89. The van der Waals surface area contributed by atoms with Gasteiger partial charge >= 0.3 is 0 Å². The van der Waals surface area contributed by atoms with Gasteiger partial charge < -0.3 is 42.9 Å². The Morgan fingerprint density at radius 3 is 1.42 bits per heavy atom. The molecule has 10 aromatic rings. The number of sulfonamides is 2. The molecule has 5 N–H and O–H groups in total. The van der Waals surface area contributed by atoms with E-state index in [0.717, 1.165) is 17.1 Å². The molecule has 0 spiro atoms. The van der Waals surface area contributed by atoms with Crippen LogP contribution in [0.1, 0.15) is 92.5 Å². The minimum atomic E-state index is -4.27. The molecule has 0 aliphatic carbocycles. The van der Waals surface area contributed by atoms with Crippen LogP contribution in [0.2, 0.25) is 0 Å². The molecule has 25 nitrogen and oxygen atoms in total. The van der Waals surface area contributed by atoms with Crippen molar-refractivity contribution in [2.75, 3.05) is 55.6 Å². The molecule has 2 atom stereocenters. The van der Waals surface area contributed by atoms with Crippen LogP contribution in [0.5, 0.6) is 11.5 Å². The predicted molar refractivity (Wildman–Crippen MR) is 384 cm³/mol. The monoisotopic (exact) mass is 1460 g/mol. The molecule has 0 aliphatic rings. The topological polar surface area (TPSA) is 331 Å². The van der Waals surface area contributed by atoms with Gasteiger partial charge in [-0.2, -0.15) is 4.72 Å². The summed E-state index contributed by atoms with van der Waals surface area (Å²) in [7, 11) is -1.29. The molecule has 10 rings (SSSR count). The van der Waals surface area contributed by atoms with Gasteiger partial charge in [-0.25, -0.2) is 44.1 Å². The summed E-state index contributed by atoms with van der Waals surface area (Å²) in [5.74, 6) is 3.43. The average Bonchev–Trinajstić information content (AvgIpc) is 0.923. The number of aromatic nitrogens is 6. The molecule has 0 aliphatic heterocycles. The van der Waals surface area contributed by atoms with Crippen molar-refractivity contribution >= 4 is 42.0 Å². The first-order valence-corrected chi connectivity index (χ1v) is 36.5. The number of nitrogens with zero attached hydrogens (tertiary/aromatic N) is 8. The van der Waals surface area contributed by atoms with Gasteiger partial charge in [-0.05, 0) is 134 Å². The molecule has 6 aromatic carbocycles. The second-order valence-electron chi connectivity index (χ2n) is 25.5. The molecule has 29 heteroatoms. The van der Waals surface area contributed by atoms with Gasteiger partial charge in [-0.3, -0.25) is 9.59 Å². The number of hydrogen-bond donors (Lipinski definition) is 4. The van der Waals surface area contributed by atoms with Crippen LogP contribution in [0.15, 0.2) is 212 Å². The Morgan fingerprint density at radius 2 is 1.01 bits per heavy atom. The molecule has 544 valence electrons. The van der Waals surface area contributed by atoms with Gasteiger partial charge in [0.05, 0.1) is 75.0 Å². The number of methoxy groups -OCH3 is 2. The molecular formula is C73H89FN12O13S3. The Bertz CT molecular complexity index is 4650. The maximum Gasteiger partial charge on any atom is 0.245 e. The minimum Gasteiger partial charge on any atom is -0.744 e. The number of nitrogens with two attached hydrogens (primary N) is 1. The molecular weight excluding hydrogens is 1370 g/mol. The number of hydrogen-bond acceptors (Lipinski definition) is 18. The zero-order valence-electron chi connectivity index (χ0n) is 58.0. The van der Waals surface area contributed by atoms with Crippen LogP contribution < -0.4 is 30.0 Å². The van der Waals surface area contributed by atoms with Crippen molar-refractivity contribution in [2.45, 2.75) is 101 Å². The highest BCUT2D eigenvalue weighted by atomic mass is 32.2. The predicted octanol–water partition coefficient (Wildman–Crippen LogP) is 10.2. The van der Waals surface area contributed by atoms with Gasteiger partial charge in [0, 0.05) is 11.1 Å². The van der Waals surface area contributed by atoms with E-state index in [4.69, 9.17) is 23.4 Å². The van der Waals surface area contributed by atoms with Crippen molar-refractivity contribution in [2.24, 2.45) is 17.0 Å². The highest BCUT2D eigenvalue weighted by Gasteiger charge is 2.41. The number of aryl methyl sites for hydroxylation is 1. The lowest BCUT2D eigenvalue weighted by molar-refractivity contribution is -0.904. The Labute approximate surface area is 596 Å². The number of halogens is 1. The van der Waals surface area contributed by atoms with Crippen molar-refractivity contribution in [3.8, 4) is 34.0 Å². The lowest BCUT2D eigenvalue weighted by Gasteiger charge is -2.36. The third-order valence-corrected chi connectivity index (χ3v) is 19.5. The number of quaternary nitrogens is 1. The summed E-state index contributed by atoms with van der Waals surface area (Å²) in [6.45, 7) is 11.1. The zero-order chi connectivity index (χ0) is 73.5. The summed E-state index contributed by atoms with van der Waals surface area (Å²) in [5.41, 5.74) is 3.94. The second-order valence-corrected chi connectivity index (χ2v) is 30.1. The summed E-state index contributed by atoms with van der Waals surface area (Å²) >= 11 is 0. The van der Waals surface area contributed by atoms with E-state index in [2.05, 4.69) is 36.0 Å². The Kier molecular flexibility index (Phi) is 27.1. The van der Waals surface area contributed by atoms with E-state index in [0.29, 0.717) is 86.3 Å². The number of nitrogens with one attached hydrogen (secondary N) is 3. The van der Waals surface area contributed by atoms with Gasteiger partial charge in [0.15, 0.2) is 5.76 Å². The SMILES string of the molecule is C.CC(C)[C@@H](C(=O)NCc1ccc(C[N+](C)(C)CC[18F])o1)n1cc(-c2ccc(S(N)(=O)=O)cc2)nn1.COc1ccc(C(NS(=O)(=O)c2ccc(-c3cn([C@H](C(=O)NCc4ccc(CN(C)C)o4)C(C)C)nn3)cc2)(c2ccccc2)c2ccc(OC)cc2)cc1.Cc1ccc(S(=O)(=O)[O-])cc1. The van der Waals surface area contributed by atoms with Crippen molar-refractivity contribution in [3.05, 3.63) is 234 Å². The van der Waals surface area contributed by atoms with Crippen molar-refractivity contribution in [1.29, 1.82) is 0 Å². The number of ether oxygens (including phenoxy) is 2. The second kappa shape index (κ2) is 34.8. The van der Waals surface area contributed by atoms with Crippen LogP contribution in [0.25, 0.3) is 22.5 Å². The minimum absolute atomic E-state index is 0. The Morgan fingerprint density at radius 1 is 0.598 bits per heavy atom. The van der Waals surface area contributed by atoms with Crippen LogP contribution in [0.4, 0.5) is 4.39 Å². The number of alkyl halides is 1. The van der Waals surface area contributed by atoms with Crippen LogP contribution in [0, 0.1) is 18.8 Å². The summed E-state index contributed by atoms with van der Waals surface area (Å²) < 4.78 is 125. The standard InChI is InChI=1S/C42H46N6O6S.C23H31FN6O4S.C7H8O3S.CH4/c1-29(2)40(41(49)43-26-36-22-23-37(54-36)27-47(3)4)48-28-39(44-46-48)30-12-24-38(25-13-30)55(50,51)45-42(31-10-8-7-9-11-31,32-14-18-34(52-5)19-15-32)33-16-20-35(53-6)21-17-33;1-16(2)22(23(31)26-13-18-7-8-19(34-18)15-30(3,4)12-11-24)29-14-21(27-28-29)17-5-9-20(10-6-17)35(25,32)33;1-6-2-4-7(5-3-6)11(8,9)10;/h7-25,28-29,40,45H,26-27H2,1-6H3,(H,43,49);5-10,14,16,22H,11-13,15H2,1-4H3,(H2-,25,26,31,32,33);2-5H,1H3,(H,8,9,10);1H4/t40-;22-;;/m00../s1/i;24-1;;. The van der Waals surface area contributed by atoms with Crippen molar-refractivity contribution < 1.29 is 66.6 Å². The van der Waals surface area contributed by atoms with E-state index < -0.39 is 54.5 Å². The molecule has 0 bridgehead atoms. The summed E-state index contributed by atoms with van der Waals surface area (Å²) in [6.07, 6.45) is 3.34. The van der Waals surface area contributed by atoms with Crippen LogP contribution >= 0.6 is 0 Å². The molecule has 0 saturated carbocycles. The van der Waals surface area contributed by atoms with Crippen molar-refractivity contribution in [3.63, 3.8) is 0 Å². The molecule has 0 saturated heterocycles. The van der Waals surface area contributed by atoms with Gasteiger partial charge in [0.25, 0.3) is 0 Å². The maximum atomic E-state index is 14.5. The van der Waals surface area contributed by atoms with Gasteiger partial charge in [-0.15, -0.1) is 10.2 Å². The maximum absolute atomic E-state index is 14.5. The molecule has 0 radical (unpaired) electrons. The largest absolute Gasteiger partial charge is 0.744 e. The first kappa shape index (κ1) is 79.6. The molecule has 102 heavy (non-hydrogen) atoms. The Balaban J connectivity index is 0.000000263. The van der Waals surface area contributed by atoms with Crippen molar-refractivity contribution in [1.82, 2.24) is 50.2 Å². The van der Waals surface area contributed by atoms with E-state index in [9.17, 15) is 43.8 Å². The van der Waals surface area contributed by atoms with Gasteiger partial charge in [0.1, 0.15) is 87.7 Å². The van der Waals surface area contributed by atoms with E-state index in [-0.39, 0.29) is 58.9 Å². The van der Waals surface area contributed by atoms with Crippen LogP contribution in [-0.2, 0) is 71.5 Å². The fourth-order valence-corrected chi connectivity index (χ4v) is 13.3. The van der Waals surface area contributed by atoms with Crippen LogP contribution in [0.3, 0.4) is 0 Å². The van der Waals surface area contributed by atoms with Gasteiger partial charge in [-0.1, -0.05) is 142 Å². The molecule has 2 amide bonds. The van der Waals surface area contributed by atoms with E-state index in [1.807, 2.05) is 141 Å². The first-order valence-electron chi connectivity index (χ1n) is 32.0. The Hall–Kier alpha value is -9.72. The first-order chi connectivity index (χ1) is 47.8. The van der Waals surface area contributed by atoms with E-state index in [1.54, 1.807) is 98.0 Å². The lowest BCUT2D eigenvalue weighted by atomic mass is 9.78. The number of carbonyl (C=O) groups excluding carboxylic acids is 2. The molecule has 4 heterocycles. The highest BCUT2D eigenvalue weighted by Crippen LogP contribution is 2.40. The molecule has 4 aromatic heterocycles. The summed E-state index contributed by atoms with van der Waals surface area (Å²) in [6, 6.07) is 48.4. The van der Waals surface area contributed by atoms with E-state index in [1.165, 1.54) is 41.1 Å². The third-order valence-electron chi connectivity index (χ3n) is 16.2. The smallest absolute Gasteiger partial charge is 0.245 e. The zero-order valence-corrected chi connectivity index (χ0v) is 60.5. The summed E-state index contributed by atoms with van der Waals surface area (Å²) in [5, 5.41) is 27.9. The quantitative estimate of drug-likeness (QED) is 0.0201.